The summed E-state index contributed by atoms with van der Waals surface area (Å²) in [6.07, 6.45) is 4.60. The van der Waals surface area contributed by atoms with Crippen molar-refractivity contribution < 1.29 is 33.3 Å². The lowest BCUT2D eigenvalue weighted by atomic mass is 9.77. The molecule has 1 saturated carbocycles. The minimum atomic E-state index is -0.674. The van der Waals surface area contributed by atoms with Crippen LogP contribution in [0.2, 0.25) is 0 Å². The fraction of sp³-hybridized carbons (Fsp3) is 0.429. The predicted octanol–water partition coefficient (Wildman–Crippen LogP) is 4.97. The monoisotopic (exact) mass is 750 g/mol. The van der Waals surface area contributed by atoms with Gasteiger partial charge in [-0.1, -0.05) is 31.0 Å². The van der Waals surface area contributed by atoms with Crippen LogP contribution in [0.3, 0.4) is 0 Å². The maximum Gasteiger partial charge on any atom is 0.310 e. The summed E-state index contributed by atoms with van der Waals surface area (Å²) in [7, 11) is 3.11. The predicted molar refractivity (Wildman–Crippen MR) is 204 cm³/mol. The van der Waals surface area contributed by atoms with Crippen molar-refractivity contribution in [2.75, 3.05) is 33.9 Å². The summed E-state index contributed by atoms with van der Waals surface area (Å²) in [4.78, 5) is 46.1. The largest absolute Gasteiger partial charge is 0.497 e. The summed E-state index contributed by atoms with van der Waals surface area (Å²) in [5.74, 6) is 5.64. The Morgan fingerprint density at radius 3 is 2.51 bits per heavy atom. The number of hydrogen-bond donors (Lipinski definition) is 2. The van der Waals surface area contributed by atoms with Crippen LogP contribution in [0.25, 0.3) is 0 Å². The van der Waals surface area contributed by atoms with Crippen molar-refractivity contribution in [1.82, 2.24) is 14.8 Å². The molecule has 1 unspecified atom stereocenters. The molecule has 3 aromatic rings. The zero-order valence-corrected chi connectivity index (χ0v) is 32.0. The molecule has 4 N–H and O–H groups in total. The Kier molecular flexibility index (Phi) is 12.2. The van der Waals surface area contributed by atoms with Crippen LogP contribution in [0.5, 0.6) is 17.2 Å². The van der Waals surface area contributed by atoms with Gasteiger partial charge in [-0.25, -0.2) is 5.84 Å². The number of rotatable bonds is 13. The van der Waals surface area contributed by atoms with Crippen molar-refractivity contribution in [3.63, 3.8) is 0 Å². The van der Waals surface area contributed by atoms with Gasteiger partial charge >= 0.3 is 5.97 Å². The second-order valence-corrected chi connectivity index (χ2v) is 14.6. The number of fused-ring (bicyclic) bond motifs is 2. The number of amides is 2. The van der Waals surface area contributed by atoms with Gasteiger partial charge in [-0.05, 0) is 74.6 Å². The molecule has 13 nitrogen and oxygen atoms in total. The molecule has 13 heteroatoms. The van der Waals surface area contributed by atoms with Crippen molar-refractivity contribution in [2.24, 2.45) is 23.4 Å². The Morgan fingerprint density at radius 1 is 1.04 bits per heavy atom. The molecule has 0 bridgehead atoms. The molecule has 3 atom stereocenters. The molecule has 0 spiro atoms. The Morgan fingerprint density at radius 2 is 1.80 bits per heavy atom. The number of hydrogen-bond acceptors (Lipinski definition) is 11. The Hall–Kier alpha value is -5.74. The third kappa shape index (κ3) is 8.34. The summed E-state index contributed by atoms with van der Waals surface area (Å²) in [5.41, 5.74) is 10.8. The van der Waals surface area contributed by atoms with Gasteiger partial charge < -0.3 is 39.5 Å². The van der Waals surface area contributed by atoms with Crippen molar-refractivity contribution in [2.45, 2.75) is 71.2 Å². The zero-order chi connectivity index (χ0) is 39.2. The third-order valence-corrected chi connectivity index (χ3v) is 10.9. The van der Waals surface area contributed by atoms with Gasteiger partial charge in [0, 0.05) is 54.6 Å². The third-order valence-electron chi connectivity index (χ3n) is 10.9. The van der Waals surface area contributed by atoms with Crippen molar-refractivity contribution in [3.8, 4) is 23.3 Å². The number of ether oxygens (including phenoxy) is 4. The quantitative estimate of drug-likeness (QED) is 0.137. The highest BCUT2D eigenvalue weighted by molar-refractivity contribution is 5.98. The lowest BCUT2D eigenvalue weighted by molar-refractivity contribution is -0.159. The van der Waals surface area contributed by atoms with E-state index in [4.69, 9.17) is 30.5 Å². The van der Waals surface area contributed by atoms with E-state index in [0.29, 0.717) is 77.6 Å². The minimum Gasteiger partial charge on any atom is -0.497 e. The molecule has 0 aromatic heterocycles. The van der Waals surface area contributed by atoms with Crippen molar-refractivity contribution >= 4 is 17.8 Å². The molecule has 1 aliphatic carbocycles. The van der Waals surface area contributed by atoms with Crippen molar-refractivity contribution in [3.05, 3.63) is 99.9 Å². The standard InChI is InChI=1S/C42H50N6O7/c1-26(2)48(45)22-30(44)25-54-37-16-14-27(20-43)32-17-18-47(36(39(32)37)23-46-21-28-9-5-6-10-33(28)40(46)49)41(50)34-11-7-8-12-35(34)42(51)55-24-29-13-15-31(52-3)19-38(29)53-4/h5-6,9-10,13-16,19,22,26,34-36H,7-8,11-12,17-18,21,23-25,44-45H2,1-4H3/b30-22-/t34-,35+,36?/m1/s1. The van der Waals surface area contributed by atoms with Crippen molar-refractivity contribution in [1.29, 1.82) is 5.26 Å². The molecule has 0 radical (unpaired) electrons. The molecular weight excluding hydrogens is 700 g/mol. The first kappa shape index (κ1) is 39.0. The fourth-order valence-electron chi connectivity index (χ4n) is 7.86. The van der Waals surface area contributed by atoms with Crippen LogP contribution in [0.4, 0.5) is 0 Å². The van der Waals surface area contributed by atoms with Gasteiger partial charge in [-0.3, -0.25) is 14.4 Å². The van der Waals surface area contributed by atoms with E-state index in [-0.39, 0.29) is 37.6 Å². The molecule has 3 aliphatic rings. The maximum absolute atomic E-state index is 15.0. The molecule has 290 valence electrons. The SMILES string of the molecule is COc1ccc(COC(=O)[C@H]2CCCC[C@H]2C(=O)N2CCc3c(C#N)ccc(OC/C(N)=C/N(N)C(C)C)c3C2CN2Cc3ccccc3C2=O)c(OC)c1. The second-order valence-electron chi connectivity index (χ2n) is 14.6. The second kappa shape index (κ2) is 17.2. The van der Waals surface area contributed by atoms with Gasteiger partial charge in [-0.2, -0.15) is 5.26 Å². The average molecular weight is 751 g/mol. The molecule has 3 aromatic carbocycles. The minimum absolute atomic E-state index is 0.00301. The number of nitrogens with two attached hydrogens (primary N) is 2. The van der Waals surface area contributed by atoms with Gasteiger partial charge in [0.15, 0.2) is 0 Å². The number of methoxy groups -OCH3 is 2. The molecule has 1 fully saturated rings. The highest BCUT2D eigenvalue weighted by Gasteiger charge is 2.44. The van der Waals surface area contributed by atoms with E-state index in [1.807, 2.05) is 38.1 Å². The maximum atomic E-state index is 15.0. The van der Waals surface area contributed by atoms with Crippen LogP contribution in [-0.2, 0) is 33.9 Å². The van der Waals surface area contributed by atoms with E-state index in [9.17, 15) is 19.6 Å². The number of nitriles is 1. The molecule has 0 saturated heterocycles. The lowest BCUT2D eigenvalue weighted by Crippen LogP contribution is -2.50. The first-order valence-corrected chi connectivity index (χ1v) is 18.8. The molecule has 6 rings (SSSR count). The number of esters is 1. The smallest absolute Gasteiger partial charge is 0.310 e. The van der Waals surface area contributed by atoms with E-state index in [1.165, 1.54) is 5.01 Å². The first-order chi connectivity index (χ1) is 26.5. The number of carbonyl (C=O) groups is 3. The fourth-order valence-corrected chi connectivity index (χ4v) is 7.86. The van der Waals surface area contributed by atoms with E-state index in [2.05, 4.69) is 6.07 Å². The highest BCUT2D eigenvalue weighted by atomic mass is 16.5. The first-order valence-electron chi connectivity index (χ1n) is 18.8. The van der Waals surface area contributed by atoms with E-state index >= 15 is 0 Å². The molecule has 2 heterocycles. The number of carbonyl (C=O) groups excluding carboxylic acids is 3. The number of hydrazine groups is 1. The van der Waals surface area contributed by atoms with Crippen LogP contribution in [-0.4, -0.2) is 72.6 Å². The Bertz CT molecular complexity index is 1990. The Balaban J connectivity index is 1.32. The summed E-state index contributed by atoms with van der Waals surface area (Å²) in [5, 5.41) is 11.7. The molecular formula is C42H50N6O7. The normalized spacial score (nSPS) is 19.3. The van der Waals surface area contributed by atoms with Crippen LogP contribution in [0.15, 0.2) is 66.5 Å². The van der Waals surface area contributed by atoms with Gasteiger partial charge in [0.1, 0.15) is 30.5 Å². The Labute approximate surface area is 322 Å². The molecule has 2 amide bonds. The number of nitrogens with zero attached hydrogens (tertiary/aromatic N) is 4. The molecule has 2 aliphatic heterocycles. The van der Waals surface area contributed by atoms with Crippen LogP contribution >= 0.6 is 0 Å². The summed E-state index contributed by atoms with van der Waals surface area (Å²) in [6, 6.07) is 17.9. The summed E-state index contributed by atoms with van der Waals surface area (Å²) >= 11 is 0. The molecule has 55 heavy (non-hydrogen) atoms. The van der Waals surface area contributed by atoms with Gasteiger partial charge in [-0.15, -0.1) is 0 Å². The number of benzene rings is 3. The summed E-state index contributed by atoms with van der Waals surface area (Å²) < 4.78 is 23.0. The van der Waals surface area contributed by atoms with Gasteiger partial charge in [0.05, 0.1) is 49.4 Å². The van der Waals surface area contributed by atoms with Gasteiger partial charge in [0.2, 0.25) is 5.91 Å². The van der Waals surface area contributed by atoms with E-state index < -0.39 is 23.8 Å². The summed E-state index contributed by atoms with van der Waals surface area (Å²) in [6.45, 7) is 4.68. The zero-order valence-electron chi connectivity index (χ0n) is 32.0. The average Bonchev–Trinajstić information content (AvgIpc) is 3.52. The van der Waals surface area contributed by atoms with E-state index in [1.54, 1.807) is 60.6 Å². The van der Waals surface area contributed by atoms with E-state index in [0.717, 1.165) is 24.0 Å². The topological polar surface area (TPSA) is 174 Å². The van der Waals surface area contributed by atoms with Crippen LogP contribution < -0.4 is 25.8 Å². The van der Waals surface area contributed by atoms with Crippen LogP contribution in [0.1, 0.15) is 83.7 Å². The lowest BCUT2D eigenvalue weighted by Gasteiger charge is -2.43. The van der Waals surface area contributed by atoms with Crippen LogP contribution in [0, 0.1) is 23.2 Å². The highest BCUT2D eigenvalue weighted by Crippen LogP contribution is 2.43. The van der Waals surface area contributed by atoms with Gasteiger partial charge in [0.25, 0.3) is 5.91 Å².